The van der Waals surface area contributed by atoms with Gasteiger partial charge in [0.15, 0.2) is 0 Å². The maximum Gasteiger partial charge on any atom is 0.407 e. The Morgan fingerprint density at radius 1 is 0.519 bits per heavy atom. The first-order valence-electron chi connectivity index (χ1n) is 23.9. The predicted molar refractivity (Wildman–Crippen MR) is 232 cm³/mol. The van der Waals surface area contributed by atoms with Gasteiger partial charge < -0.3 is 20.1 Å². The Bertz CT molecular complexity index is 878. The SMILES string of the molecule is CCCCCCCCCCC(CCCCCC)COC(=O)NC1CC(C)(C)CC(C)(CNC(=O)OCC(CCCCCCCC)CCCCCCCC)C1. The van der Waals surface area contributed by atoms with E-state index in [-0.39, 0.29) is 29.1 Å². The quantitative estimate of drug-likeness (QED) is 0.0630. The lowest BCUT2D eigenvalue weighted by Crippen LogP contribution is -2.50. The number of rotatable bonds is 35. The minimum atomic E-state index is -0.291. The average Bonchev–Trinajstić information content (AvgIpc) is 3.12. The van der Waals surface area contributed by atoms with E-state index < -0.39 is 0 Å². The lowest BCUT2D eigenvalue weighted by Gasteiger charge is -2.46. The zero-order chi connectivity index (χ0) is 39.8. The van der Waals surface area contributed by atoms with Gasteiger partial charge in [-0.25, -0.2) is 9.59 Å². The molecule has 0 aromatic heterocycles. The molecule has 0 aromatic rings. The lowest BCUT2D eigenvalue weighted by molar-refractivity contribution is 0.0582. The highest BCUT2D eigenvalue weighted by molar-refractivity contribution is 5.68. The van der Waals surface area contributed by atoms with Crippen LogP contribution in [0.5, 0.6) is 0 Å². The molecule has 2 amide bonds. The monoisotopic (exact) mass is 763 g/mol. The molecule has 6 nitrogen and oxygen atoms in total. The molecule has 1 rings (SSSR count). The zero-order valence-electron chi connectivity index (χ0n) is 37.4. The first-order valence-corrected chi connectivity index (χ1v) is 23.9. The fraction of sp³-hybridized carbons (Fsp3) is 0.958. The number of carbonyl (C=O) groups excluding carboxylic acids is 2. The summed E-state index contributed by atoms with van der Waals surface area (Å²) in [6.45, 7) is 17.5. The molecule has 54 heavy (non-hydrogen) atoms. The van der Waals surface area contributed by atoms with Gasteiger partial charge in [-0.1, -0.05) is 203 Å². The second kappa shape index (κ2) is 32.6. The molecule has 6 heteroatoms. The molecule has 0 aromatic carbocycles. The lowest BCUT2D eigenvalue weighted by atomic mass is 9.62. The van der Waals surface area contributed by atoms with Crippen molar-refractivity contribution in [2.45, 2.75) is 254 Å². The summed E-state index contributed by atoms with van der Waals surface area (Å²) in [6, 6.07) is 0.0267. The standard InChI is InChI=1S/C48H94N2O4/c1-8-12-16-20-23-24-27-31-35-43(32-28-19-15-11-4)39-54-46(52)50-44-36-47(5,6)40-48(7,37-44)41-49-45(51)53-38-42(33-29-25-21-17-13-9-2)34-30-26-22-18-14-10-3/h42-44H,8-41H2,1-7H3,(H,49,51)(H,50,52). The molecule has 1 aliphatic rings. The van der Waals surface area contributed by atoms with Crippen molar-refractivity contribution in [3.05, 3.63) is 0 Å². The normalized spacial score (nSPS) is 18.8. The molecule has 3 unspecified atom stereocenters. The van der Waals surface area contributed by atoms with Gasteiger partial charge in [0.1, 0.15) is 0 Å². The van der Waals surface area contributed by atoms with Crippen molar-refractivity contribution < 1.29 is 19.1 Å². The Balaban J connectivity index is 2.59. The highest BCUT2D eigenvalue weighted by Gasteiger charge is 2.42. The molecule has 0 heterocycles. The third-order valence-corrected chi connectivity index (χ3v) is 12.2. The van der Waals surface area contributed by atoms with Gasteiger partial charge in [0.05, 0.1) is 13.2 Å². The molecular weight excluding hydrogens is 669 g/mol. The van der Waals surface area contributed by atoms with Crippen LogP contribution in [-0.4, -0.2) is 38.0 Å². The van der Waals surface area contributed by atoms with Crippen LogP contribution in [0.1, 0.15) is 248 Å². The summed E-state index contributed by atoms with van der Waals surface area (Å²) >= 11 is 0. The molecular formula is C48H94N2O4. The molecule has 2 N–H and O–H groups in total. The van der Waals surface area contributed by atoms with Crippen LogP contribution in [0.15, 0.2) is 0 Å². The van der Waals surface area contributed by atoms with Crippen LogP contribution < -0.4 is 10.6 Å². The first kappa shape index (κ1) is 50.6. The molecule has 0 spiro atoms. The fourth-order valence-corrected chi connectivity index (χ4v) is 9.28. The summed E-state index contributed by atoms with van der Waals surface area (Å²) in [6.07, 6.45) is 38.0. The molecule has 0 aliphatic heterocycles. The van der Waals surface area contributed by atoms with E-state index in [0.717, 1.165) is 44.9 Å². The Hall–Kier alpha value is -1.46. The molecule has 1 aliphatic carbocycles. The number of ether oxygens (including phenoxy) is 2. The molecule has 0 radical (unpaired) electrons. The number of hydrogen-bond acceptors (Lipinski definition) is 4. The van der Waals surface area contributed by atoms with Gasteiger partial charge in [0.2, 0.25) is 0 Å². The largest absolute Gasteiger partial charge is 0.449 e. The summed E-state index contributed by atoms with van der Waals surface area (Å²) in [5, 5.41) is 6.40. The van der Waals surface area contributed by atoms with E-state index in [2.05, 4.69) is 59.1 Å². The summed E-state index contributed by atoms with van der Waals surface area (Å²) < 4.78 is 11.8. The maximum atomic E-state index is 13.2. The van der Waals surface area contributed by atoms with E-state index in [1.807, 2.05) is 0 Å². The van der Waals surface area contributed by atoms with Gasteiger partial charge in [-0.15, -0.1) is 0 Å². The minimum Gasteiger partial charge on any atom is -0.449 e. The van der Waals surface area contributed by atoms with E-state index in [4.69, 9.17) is 9.47 Å². The zero-order valence-corrected chi connectivity index (χ0v) is 37.4. The van der Waals surface area contributed by atoms with Gasteiger partial charge in [-0.2, -0.15) is 0 Å². The summed E-state index contributed by atoms with van der Waals surface area (Å²) in [7, 11) is 0. The summed E-state index contributed by atoms with van der Waals surface area (Å²) in [5.74, 6) is 0.903. The molecule has 0 bridgehead atoms. The van der Waals surface area contributed by atoms with Crippen LogP contribution >= 0.6 is 0 Å². The van der Waals surface area contributed by atoms with E-state index in [0.29, 0.717) is 31.6 Å². The van der Waals surface area contributed by atoms with E-state index in [1.165, 1.54) is 154 Å². The summed E-state index contributed by atoms with van der Waals surface area (Å²) in [5.41, 5.74) is -0.0817. The van der Waals surface area contributed by atoms with Crippen molar-refractivity contribution in [1.29, 1.82) is 0 Å². The van der Waals surface area contributed by atoms with Crippen LogP contribution in [0.25, 0.3) is 0 Å². The van der Waals surface area contributed by atoms with Crippen molar-refractivity contribution in [2.24, 2.45) is 22.7 Å². The van der Waals surface area contributed by atoms with Crippen molar-refractivity contribution in [1.82, 2.24) is 10.6 Å². The number of unbranched alkanes of at least 4 members (excludes halogenated alkanes) is 20. The van der Waals surface area contributed by atoms with Crippen LogP contribution in [-0.2, 0) is 9.47 Å². The minimum absolute atomic E-state index is 0.0267. The Kier molecular flexibility index (Phi) is 30.5. The molecule has 320 valence electrons. The van der Waals surface area contributed by atoms with Crippen molar-refractivity contribution >= 4 is 12.2 Å². The Morgan fingerprint density at radius 2 is 0.870 bits per heavy atom. The number of nitrogens with one attached hydrogen (secondary N) is 2. The molecule has 1 saturated carbocycles. The molecule has 1 fully saturated rings. The number of carbonyl (C=O) groups is 2. The maximum absolute atomic E-state index is 13.2. The smallest absolute Gasteiger partial charge is 0.407 e. The number of alkyl carbamates (subject to hydrolysis) is 2. The van der Waals surface area contributed by atoms with Crippen LogP contribution in [0, 0.1) is 22.7 Å². The highest BCUT2D eigenvalue weighted by atomic mass is 16.6. The van der Waals surface area contributed by atoms with Crippen molar-refractivity contribution in [3.8, 4) is 0 Å². The van der Waals surface area contributed by atoms with E-state index in [9.17, 15) is 9.59 Å². The van der Waals surface area contributed by atoms with Crippen LogP contribution in [0.2, 0.25) is 0 Å². The molecule has 3 atom stereocenters. The van der Waals surface area contributed by atoms with Gasteiger partial charge >= 0.3 is 12.2 Å². The van der Waals surface area contributed by atoms with Gasteiger partial charge in [0, 0.05) is 12.6 Å². The van der Waals surface area contributed by atoms with Crippen LogP contribution in [0.3, 0.4) is 0 Å². The predicted octanol–water partition coefficient (Wildman–Crippen LogP) is 15.3. The third-order valence-electron chi connectivity index (χ3n) is 12.2. The Labute approximate surface area is 337 Å². The highest BCUT2D eigenvalue weighted by Crippen LogP contribution is 2.45. The van der Waals surface area contributed by atoms with Crippen LogP contribution in [0.4, 0.5) is 9.59 Å². The second-order valence-corrected chi connectivity index (χ2v) is 18.9. The van der Waals surface area contributed by atoms with Crippen molar-refractivity contribution in [2.75, 3.05) is 19.8 Å². The van der Waals surface area contributed by atoms with Crippen molar-refractivity contribution in [3.63, 3.8) is 0 Å². The number of hydrogen-bond donors (Lipinski definition) is 2. The summed E-state index contributed by atoms with van der Waals surface area (Å²) in [4.78, 5) is 26.2. The average molecular weight is 763 g/mol. The Morgan fingerprint density at radius 3 is 1.28 bits per heavy atom. The molecule has 0 saturated heterocycles. The van der Waals surface area contributed by atoms with E-state index in [1.54, 1.807) is 0 Å². The van der Waals surface area contributed by atoms with Gasteiger partial charge in [-0.3, -0.25) is 0 Å². The second-order valence-electron chi connectivity index (χ2n) is 18.9. The topological polar surface area (TPSA) is 76.7 Å². The van der Waals surface area contributed by atoms with Gasteiger partial charge in [-0.05, 0) is 67.6 Å². The first-order chi connectivity index (χ1) is 26.1. The number of amides is 2. The van der Waals surface area contributed by atoms with E-state index >= 15 is 0 Å². The third kappa shape index (κ3) is 28.0. The fourth-order valence-electron chi connectivity index (χ4n) is 9.28. The van der Waals surface area contributed by atoms with Gasteiger partial charge in [0.25, 0.3) is 0 Å².